The number of pyridine rings is 1. The van der Waals surface area contributed by atoms with Crippen molar-refractivity contribution < 1.29 is 61.4 Å². The van der Waals surface area contributed by atoms with Gasteiger partial charge in [-0.3, -0.25) is 4.52 Å². The van der Waals surface area contributed by atoms with E-state index in [1.165, 1.54) is 22.1 Å². The lowest BCUT2D eigenvalue weighted by Crippen LogP contribution is -2.33. The minimum atomic E-state index is -5.68. The van der Waals surface area contributed by atoms with Crippen molar-refractivity contribution >= 4 is 57.2 Å². The maximum atomic E-state index is 11.8. The van der Waals surface area contributed by atoms with E-state index < -0.39 is 54.6 Å². The molecule has 6 atom stereocenters. The Hall–Kier alpha value is -0.450. The first-order chi connectivity index (χ1) is 14.2. The highest BCUT2D eigenvalue weighted by Crippen LogP contribution is 2.66. The van der Waals surface area contributed by atoms with Gasteiger partial charge in [-0.1, -0.05) is 12.2 Å². The van der Waals surface area contributed by atoms with Gasteiger partial charge < -0.3 is 39.1 Å². The molecule has 3 unspecified atom stereocenters. The standard InChI is InChI=1S/C11H15N2O13P3S2/c14-7-6(3-23-28(19,20)26-29(21,22)25-27(16,17)18)24-10(8(7)15)13-2-1-5-9(11(13)30)31-4-12-5/h1-2,4,6-8,10,14-15H,3H2,(H,19,20)(H,21,22)(H2,16,17,18)/t6-,7?,8+,10-/m1/s1. The van der Waals surface area contributed by atoms with E-state index in [-0.39, 0.29) is 4.64 Å². The quantitative estimate of drug-likeness (QED) is 0.201. The highest BCUT2D eigenvalue weighted by molar-refractivity contribution is 7.71. The Kier molecular flexibility index (Phi) is 7.36. The molecule has 20 heteroatoms. The van der Waals surface area contributed by atoms with Crippen molar-refractivity contribution in [2.75, 3.05) is 6.61 Å². The van der Waals surface area contributed by atoms with Crippen molar-refractivity contribution in [3.05, 3.63) is 22.4 Å². The monoisotopic (exact) mass is 540 g/mol. The minimum absolute atomic E-state index is 0.254. The first-order valence-corrected chi connectivity index (χ1v) is 13.7. The normalized spacial score (nSPS) is 28.5. The van der Waals surface area contributed by atoms with Gasteiger partial charge in [0.05, 0.1) is 22.3 Å². The molecule has 3 rings (SSSR count). The fourth-order valence-corrected chi connectivity index (χ4v) is 6.80. The average molecular weight is 540 g/mol. The summed E-state index contributed by atoms with van der Waals surface area (Å²) in [6.45, 7) is -0.922. The highest BCUT2D eigenvalue weighted by Gasteiger charge is 2.46. The Labute approximate surface area is 181 Å². The lowest BCUT2D eigenvalue weighted by atomic mass is 10.1. The first-order valence-electron chi connectivity index (χ1n) is 7.93. The predicted octanol–water partition coefficient (Wildman–Crippen LogP) is 0.790. The summed E-state index contributed by atoms with van der Waals surface area (Å²) in [5, 5.41) is 20.5. The molecule has 0 saturated carbocycles. The van der Waals surface area contributed by atoms with Crippen molar-refractivity contribution in [1.29, 1.82) is 0 Å². The summed E-state index contributed by atoms with van der Waals surface area (Å²) < 4.78 is 53.0. The molecule has 1 saturated heterocycles. The molecule has 15 nitrogen and oxygen atoms in total. The number of fused-ring (bicyclic) bond motifs is 1. The Morgan fingerprint density at radius 1 is 1.13 bits per heavy atom. The molecule has 0 amide bonds. The molecule has 174 valence electrons. The average Bonchev–Trinajstić information content (AvgIpc) is 3.17. The SMILES string of the molecule is O=P(O)(O)OP(=O)(O)OP(=O)(O)OC[C@H]1O[C@@H](n2ccc3ncsc3c2=S)[C@@H](O)C1O. The molecule has 31 heavy (non-hydrogen) atoms. The Morgan fingerprint density at radius 2 is 1.81 bits per heavy atom. The Bertz CT molecular complexity index is 1160. The fraction of sp³-hybridized carbons (Fsp3) is 0.455. The number of nitrogens with zero attached hydrogens (tertiary/aromatic N) is 2. The summed E-state index contributed by atoms with van der Waals surface area (Å²) in [7, 11) is -16.6. The summed E-state index contributed by atoms with van der Waals surface area (Å²) in [5.74, 6) is 0. The van der Waals surface area contributed by atoms with Crippen molar-refractivity contribution in [3.8, 4) is 0 Å². The number of ether oxygens (including phenoxy) is 1. The van der Waals surface area contributed by atoms with Crippen LogP contribution in [0.3, 0.4) is 0 Å². The minimum Gasteiger partial charge on any atom is -0.387 e. The molecule has 2 aromatic rings. The molecule has 1 aliphatic heterocycles. The van der Waals surface area contributed by atoms with Crippen LogP contribution in [0.25, 0.3) is 10.2 Å². The predicted molar refractivity (Wildman–Crippen MR) is 104 cm³/mol. The van der Waals surface area contributed by atoms with Gasteiger partial charge in [-0.2, -0.15) is 8.62 Å². The highest BCUT2D eigenvalue weighted by atomic mass is 32.1. The van der Waals surface area contributed by atoms with Crippen LogP contribution in [-0.2, 0) is 31.6 Å². The molecule has 1 fully saturated rings. The van der Waals surface area contributed by atoms with E-state index in [0.29, 0.717) is 10.2 Å². The second kappa shape index (κ2) is 9.06. The van der Waals surface area contributed by atoms with E-state index in [9.17, 15) is 28.8 Å². The maximum absolute atomic E-state index is 11.8. The molecule has 6 N–H and O–H groups in total. The van der Waals surface area contributed by atoms with E-state index >= 15 is 0 Å². The zero-order chi connectivity index (χ0) is 23.2. The van der Waals surface area contributed by atoms with Crippen LogP contribution in [0.2, 0.25) is 0 Å². The zero-order valence-electron chi connectivity index (χ0n) is 14.8. The van der Waals surface area contributed by atoms with Gasteiger partial charge in [0.2, 0.25) is 0 Å². The van der Waals surface area contributed by atoms with Gasteiger partial charge in [0.25, 0.3) is 0 Å². The second-order valence-corrected chi connectivity index (χ2v) is 11.7. The molecule has 0 bridgehead atoms. The van der Waals surface area contributed by atoms with Gasteiger partial charge >= 0.3 is 23.5 Å². The maximum Gasteiger partial charge on any atom is 0.490 e. The molecular formula is C11H15N2O13P3S2. The number of thiazole rings is 1. The summed E-state index contributed by atoms with van der Waals surface area (Å²) >= 11 is 6.58. The number of aliphatic hydroxyl groups excluding tert-OH is 2. The smallest absolute Gasteiger partial charge is 0.387 e. The third-order valence-corrected chi connectivity index (χ3v) is 9.04. The molecule has 0 radical (unpaired) electrons. The number of rotatable bonds is 8. The van der Waals surface area contributed by atoms with Gasteiger partial charge in [0, 0.05) is 6.20 Å². The van der Waals surface area contributed by atoms with Crippen molar-refractivity contribution in [1.82, 2.24) is 9.55 Å². The van der Waals surface area contributed by atoms with Crippen LogP contribution in [0.15, 0.2) is 17.8 Å². The summed E-state index contributed by atoms with van der Waals surface area (Å²) in [4.78, 5) is 39.7. The molecule has 3 heterocycles. The summed E-state index contributed by atoms with van der Waals surface area (Å²) in [6.07, 6.45) is -4.31. The first kappa shape index (κ1) is 25.2. The second-order valence-electron chi connectivity index (χ2n) is 6.03. The van der Waals surface area contributed by atoms with Crippen LogP contribution in [0.4, 0.5) is 0 Å². The van der Waals surface area contributed by atoms with E-state index in [1.807, 2.05) is 0 Å². The Morgan fingerprint density at radius 3 is 2.45 bits per heavy atom. The largest absolute Gasteiger partial charge is 0.490 e. The Balaban J connectivity index is 1.69. The number of hydrogen-bond donors (Lipinski definition) is 6. The number of aromatic nitrogens is 2. The van der Waals surface area contributed by atoms with Crippen molar-refractivity contribution in [2.24, 2.45) is 0 Å². The zero-order valence-corrected chi connectivity index (χ0v) is 19.2. The van der Waals surface area contributed by atoms with E-state index in [4.69, 9.17) is 31.6 Å². The van der Waals surface area contributed by atoms with Crippen LogP contribution in [0.1, 0.15) is 6.23 Å². The molecular weight excluding hydrogens is 525 g/mol. The van der Waals surface area contributed by atoms with Gasteiger partial charge in [0.1, 0.15) is 23.0 Å². The number of phosphoric ester groups is 1. The fourth-order valence-electron chi connectivity index (χ4n) is 2.64. The van der Waals surface area contributed by atoms with Crippen LogP contribution in [0.5, 0.6) is 0 Å². The van der Waals surface area contributed by atoms with E-state index in [2.05, 4.69) is 18.1 Å². The van der Waals surface area contributed by atoms with E-state index in [0.717, 1.165) is 0 Å². The molecule has 0 spiro atoms. The molecule has 2 aromatic heterocycles. The van der Waals surface area contributed by atoms with Gasteiger partial charge in [-0.25, -0.2) is 18.7 Å². The number of phosphoric acid groups is 3. The molecule has 1 aliphatic rings. The van der Waals surface area contributed by atoms with Crippen molar-refractivity contribution in [2.45, 2.75) is 24.5 Å². The van der Waals surface area contributed by atoms with Crippen LogP contribution in [-0.4, -0.2) is 64.3 Å². The third kappa shape index (κ3) is 6.12. The topological polar surface area (TPSA) is 227 Å². The third-order valence-electron chi connectivity index (χ3n) is 3.85. The number of hydrogen-bond acceptors (Lipinski definition) is 12. The van der Waals surface area contributed by atoms with Crippen LogP contribution in [0, 0.1) is 4.64 Å². The van der Waals surface area contributed by atoms with E-state index in [1.54, 1.807) is 11.6 Å². The lowest BCUT2D eigenvalue weighted by molar-refractivity contribution is -0.0525. The van der Waals surface area contributed by atoms with Crippen LogP contribution >= 0.6 is 47.0 Å². The number of aliphatic hydroxyl groups is 2. The van der Waals surface area contributed by atoms with Crippen LogP contribution < -0.4 is 0 Å². The molecule has 0 aromatic carbocycles. The van der Waals surface area contributed by atoms with Crippen molar-refractivity contribution in [3.63, 3.8) is 0 Å². The van der Waals surface area contributed by atoms with Gasteiger partial charge in [0.15, 0.2) is 6.23 Å². The van der Waals surface area contributed by atoms with Gasteiger partial charge in [-0.15, -0.1) is 11.3 Å². The van der Waals surface area contributed by atoms with Gasteiger partial charge in [-0.05, 0) is 6.07 Å². The summed E-state index contributed by atoms with van der Waals surface area (Å²) in [6, 6.07) is 1.60. The molecule has 0 aliphatic carbocycles. The lowest BCUT2D eigenvalue weighted by Gasteiger charge is -2.19. The summed E-state index contributed by atoms with van der Waals surface area (Å²) in [5.41, 5.74) is 2.18.